The molecule has 2 heterocycles. The van der Waals surface area contributed by atoms with E-state index in [1.54, 1.807) is 11.8 Å². The van der Waals surface area contributed by atoms with Gasteiger partial charge in [0.2, 0.25) is 5.82 Å². The summed E-state index contributed by atoms with van der Waals surface area (Å²) in [5.41, 5.74) is -0.402. The predicted molar refractivity (Wildman–Crippen MR) is 102 cm³/mol. The minimum Gasteiger partial charge on any atom is -0.351 e. The molecule has 1 fully saturated rings. The quantitative estimate of drug-likeness (QED) is 0.452. The van der Waals surface area contributed by atoms with Crippen molar-refractivity contribution in [2.75, 3.05) is 13.1 Å². The van der Waals surface area contributed by atoms with E-state index in [-0.39, 0.29) is 22.2 Å². The molecule has 0 radical (unpaired) electrons. The predicted octanol–water partition coefficient (Wildman–Crippen LogP) is 3.07. The highest BCUT2D eigenvalue weighted by atomic mass is 32.1. The fraction of sp³-hybridized carbons (Fsp3) is 0.444. The number of nitrogens with one attached hydrogen (secondary N) is 2. The Morgan fingerprint density at radius 2 is 1.86 bits per heavy atom. The van der Waals surface area contributed by atoms with E-state index in [4.69, 9.17) is 12.2 Å². The smallest absolute Gasteiger partial charge is 0.305 e. The molecule has 0 bridgehead atoms. The zero-order chi connectivity index (χ0) is 20.4. The van der Waals surface area contributed by atoms with Gasteiger partial charge in [0.15, 0.2) is 5.11 Å². The number of carbonyl (C=O) groups is 1. The van der Waals surface area contributed by atoms with Crippen LogP contribution in [-0.2, 0) is 4.79 Å². The Morgan fingerprint density at radius 3 is 2.46 bits per heavy atom. The van der Waals surface area contributed by atoms with Crippen LogP contribution in [0.5, 0.6) is 0 Å². The number of thiocarbonyl (C=S) groups is 1. The van der Waals surface area contributed by atoms with Crippen LogP contribution in [0, 0.1) is 21.7 Å². The number of rotatable bonds is 3. The highest BCUT2D eigenvalue weighted by molar-refractivity contribution is 7.80. The van der Waals surface area contributed by atoms with E-state index < -0.39 is 28.3 Å². The largest absolute Gasteiger partial charge is 0.351 e. The summed E-state index contributed by atoms with van der Waals surface area (Å²) in [4.78, 5) is 25.1. The molecular formula is C18H20F2N4O3S. The Balaban J connectivity index is 2.06. The van der Waals surface area contributed by atoms with Crippen LogP contribution in [0.25, 0.3) is 0 Å². The van der Waals surface area contributed by atoms with Crippen LogP contribution in [0.2, 0.25) is 0 Å². The lowest BCUT2D eigenvalue weighted by Gasteiger charge is -2.33. The molecule has 28 heavy (non-hydrogen) atoms. The first-order valence-electron chi connectivity index (χ1n) is 9.00. The van der Waals surface area contributed by atoms with Crippen molar-refractivity contribution in [1.82, 2.24) is 15.5 Å². The van der Waals surface area contributed by atoms with Gasteiger partial charge in [0, 0.05) is 36.5 Å². The molecule has 1 amide bonds. The molecule has 1 aromatic rings. The fourth-order valence-electron chi connectivity index (χ4n) is 3.57. The maximum Gasteiger partial charge on any atom is 0.305 e. The Kier molecular flexibility index (Phi) is 5.87. The van der Waals surface area contributed by atoms with Crippen molar-refractivity contribution in [3.05, 3.63) is 50.7 Å². The second-order valence-electron chi connectivity index (χ2n) is 6.86. The van der Waals surface area contributed by atoms with Crippen molar-refractivity contribution >= 4 is 28.9 Å². The van der Waals surface area contributed by atoms with Crippen LogP contribution in [0.3, 0.4) is 0 Å². The molecule has 0 saturated carbocycles. The van der Waals surface area contributed by atoms with Crippen molar-refractivity contribution in [3.63, 3.8) is 0 Å². The first-order chi connectivity index (χ1) is 13.3. The summed E-state index contributed by atoms with van der Waals surface area (Å²) >= 11 is 5.12. The zero-order valence-electron chi connectivity index (χ0n) is 15.3. The number of allylic oxidation sites excluding steroid dienone is 1. The molecule has 3 rings (SSSR count). The van der Waals surface area contributed by atoms with Gasteiger partial charge in [0.25, 0.3) is 5.91 Å². The second-order valence-corrected chi connectivity index (χ2v) is 7.27. The number of hydrogen-bond acceptors (Lipinski definition) is 4. The van der Waals surface area contributed by atoms with Gasteiger partial charge in [0.05, 0.1) is 16.5 Å². The van der Waals surface area contributed by atoms with E-state index in [1.807, 2.05) is 0 Å². The summed E-state index contributed by atoms with van der Waals surface area (Å²) < 4.78 is 28.3. The van der Waals surface area contributed by atoms with E-state index in [0.29, 0.717) is 24.9 Å². The van der Waals surface area contributed by atoms with Gasteiger partial charge >= 0.3 is 5.69 Å². The fourth-order valence-corrected chi connectivity index (χ4v) is 3.84. The lowest BCUT2D eigenvalue weighted by molar-refractivity contribution is -0.387. The third kappa shape index (κ3) is 3.96. The maximum absolute atomic E-state index is 14.6. The van der Waals surface area contributed by atoms with Crippen LogP contribution in [0.15, 0.2) is 23.4 Å². The molecular weight excluding hydrogens is 390 g/mol. The van der Waals surface area contributed by atoms with E-state index in [2.05, 4.69) is 10.6 Å². The zero-order valence-corrected chi connectivity index (χ0v) is 16.1. The molecule has 150 valence electrons. The topological polar surface area (TPSA) is 87.5 Å². The molecule has 7 nitrogen and oxygen atoms in total. The summed E-state index contributed by atoms with van der Waals surface area (Å²) in [6.45, 7) is 2.80. The van der Waals surface area contributed by atoms with E-state index in [1.165, 1.54) is 0 Å². The van der Waals surface area contributed by atoms with Crippen molar-refractivity contribution in [2.24, 2.45) is 0 Å². The van der Waals surface area contributed by atoms with Crippen molar-refractivity contribution < 1.29 is 18.5 Å². The van der Waals surface area contributed by atoms with Crippen LogP contribution in [0.1, 0.15) is 44.2 Å². The van der Waals surface area contributed by atoms with Gasteiger partial charge < -0.3 is 15.5 Å². The van der Waals surface area contributed by atoms with Crippen LogP contribution < -0.4 is 10.6 Å². The van der Waals surface area contributed by atoms with Crippen molar-refractivity contribution in [2.45, 2.75) is 38.6 Å². The molecule has 2 aliphatic heterocycles. The molecule has 2 aliphatic rings. The number of carbonyl (C=O) groups excluding carboxylic acids is 1. The summed E-state index contributed by atoms with van der Waals surface area (Å²) in [5.74, 6) is -2.55. The Morgan fingerprint density at radius 1 is 1.21 bits per heavy atom. The SMILES string of the molecule is CC1=C(C(=O)N2CCCCCC2)C(c2cc([N+](=O)[O-])c(F)cc2F)NC(=S)N1. The number of halogens is 2. The van der Waals surface area contributed by atoms with Gasteiger partial charge in [0.1, 0.15) is 5.82 Å². The monoisotopic (exact) mass is 410 g/mol. The molecule has 1 unspecified atom stereocenters. The molecule has 0 spiro atoms. The number of benzene rings is 1. The Labute approximate surface area is 165 Å². The van der Waals surface area contributed by atoms with Crippen LogP contribution in [0.4, 0.5) is 14.5 Å². The van der Waals surface area contributed by atoms with Gasteiger partial charge in [-0.2, -0.15) is 4.39 Å². The van der Waals surface area contributed by atoms with E-state index >= 15 is 0 Å². The van der Waals surface area contributed by atoms with Gasteiger partial charge in [-0.05, 0) is 32.0 Å². The standard InChI is InChI=1S/C18H20F2N4O3S/c1-10-15(17(25)23-6-4-2-3-5-7-23)16(22-18(28)21-10)11-8-14(24(26)27)13(20)9-12(11)19/h8-9,16H,2-7H2,1H3,(H2,21,22,28). The third-order valence-electron chi connectivity index (χ3n) is 4.97. The average molecular weight is 410 g/mol. The summed E-state index contributed by atoms with van der Waals surface area (Å²) in [6.07, 6.45) is 3.81. The first kappa shape index (κ1) is 20.1. The lowest BCUT2D eigenvalue weighted by atomic mass is 9.93. The molecule has 0 aromatic heterocycles. The number of likely N-dealkylation sites (tertiary alicyclic amines) is 1. The minimum atomic E-state index is -1.27. The van der Waals surface area contributed by atoms with Crippen molar-refractivity contribution in [1.29, 1.82) is 0 Å². The highest BCUT2D eigenvalue weighted by Crippen LogP contribution is 2.33. The highest BCUT2D eigenvalue weighted by Gasteiger charge is 2.35. The minimum absolute atomic E-state index is 0.154. The number of nitro benzene ring substituents is 1. The number of nitro groups is 1. The lowest BCUT2D eigenvalue weighted by Crippen LogP contribution is -2.48. The normalized spacial score (nSPS) is 20.3. The van der Waals surface area contributed by atoms with Gasteiger partial charge in [-0.15, -0.1) is 0 Å². The molecule has 10 heteroatoms. The van der Waals surface area contributed by atoms with Gasteiger partial charge in [-0.25, -0.2) is 4.39 Å². The summed E-state index contributed by atoms with van der Waals surface area (Å²) in [7, 11) is 0. The molecule has 1 saturated heterocycles. The summed E-state index contributed by atoms with van der Waals surface area (Å²) in [5, 5.41) is 16.9. The molecule has 2 N–H and O–H groups in total. The van der Waals surface area contributed by atoms with Gasteiger partial charge in [-0.3, -0.25) is 14.9 Å². The number of amides is 1. The van der Waals surface area contributed by atoms with Crippen LogP contribution in [-0.4, -0.2) is 33.9 Å². The number of hydrogen-bond donors (Lipinski definition) is 2. The van der Waals surface area contributed by atoms with E-state index in [9.17, 15) is 23.7 Å². The van der Waals surface area contributed by atoms with Gasteiger partial charge in [-0.1, -0.05) is 12.8 Å². The summed E-state index contributed by atoms with van der Waals surface area (Å²) in [6, 6.07) is 0.229. The maximum atomic E-state index is 14.6. The number of nitrogens with zero attached hydrogens (tertiary/aromatic N) is 2. The third-order valence-corrected chi connectivity index (χ3v) is 5.19. The molecule has 1 aromatic carbocycles. The Bertz CT molecular complexity index is 867. The molecule has 1 atom stereocenters. The first-order valence-corrected chi connectivity index (χ1v) is 9.41. The average Bonchev–Trinajstić information content (AvgIpc) is 2.89. The second kappa shape index (κ2) is 8.17. The van der Waals surface area contributed by atoms with Crippen LogP contribution >= 0.6 is 12.2 Å². The Hall–Kier alpha value is -2.62. The van der Waals surface area contributed by atoms with Crippen molar-refractivity contribution in [3.8, 4) is 0 Å². The molecule has 0 aliphatic carbocycles. The van der Waals surface area contributed by atoms with E-state index in [0.717, 1.165) is 31.7 Å².